The van der Waals surface area contributed by atoms with E-state index in [0.29, 0.717) is 33.1 Å². The number of terminal acetylenes is 1. The smallest absolute Gasteiger partial charge is 0.113 e. The van der Waals surface area contributed by atoms with Crippen molar-refractivity contribution < 1.29 is 0 Å². The number of pyridine rings is 1. The first-order valence-corrected chi connectivity index (χ1v) is 11.2. The summed E-state index contributed by atoms with van der Waals surface area (Å²) in [4.78, 5) is 8.36. The Bertz CT molecular complexity index is 1310. The number of nitrogens with one attached hydrogen (secondary N) is 2. The van der Waals surface area contributed by atoms with Gasteiger partial charge in [0, 0.05) is 30.5 Å². The molecule has 0 saturated carbocycles. The highest BCUT2D eigenvalue weighted by molar-refractivity contribution is 6.35. The van der Waals surface area contributed by atoms with Crippen LogP contribution >= 0.6 is 11.6 Å². The van der Waals surface area contributed by atoms with Gasteiger partial charge in [0.15, 0.2) is 0 Å². The number of aromatic nitrogens is 1. The molecule has 2 N–H and O–H groups in total. The molecular weight excluding hydrogens is 442 g/mol. The topological polar surface area (TPSA) is 73.1 Å². The van der Waals surface area contributed by atoms with Crippen LogP contribution in [0.15, 0.2) is 78.0 Å². The maximum atomic E-state index is 9.80. The SMILES string of the molecule is C#C[C@@H](Nc1cc(Cl)c2ncc(C#N)c(N[C@H](CC)c3ccccc3)c2c1)C(=C)/C=C\C=N/C. The van der Waals surface area contributed by atoms with Crippen LogP contribution in [0.5, 0.6) is 0 Å². The lowest BCUT2D eigenvalue weighted by Gasteiger charge is -2.22. The predicted molar refractivity (Wildman–Crippen MR) is 144 cm³/mol. The van der Waals surface area contributed by atoms with Crippen molar-refractivity contribution in [1.82, 2.24) is 4.98 Å². The summed E-state index contributed by atoms with van der Waals surface area (Å²) in [5, 5.41) is 17.8. The molecule has 170 valence electrons. The van der Waals surface area contributed by atoms with Crippen molar-refractivity contribution in [3.63, 3.8) is 0 Å². The van der Waals surface area contributed by atoms with E-state index in [0.717, 1.165) is 17.4 Å². The van der Waals surface area contributed by atoms with Crippen LogP contribution in [0.25, 0.3) is 10.9 Å². The minimum Gasteiger partial charge on any atom is -0.377 e. The molecule has 1 aromatic heterocycles. The summed E-state index contributed by atoms with van der Waals surface area (Å²) in [6.45, 7) is 6.15. The van der Waals surface area contributed by atoms with Crippen LogP contribution in [0.1, 0.15) is 30.5 Å². The largest absolute Gasteiger partial charge is 0.377 e. The summed E-state index contributed by atoms with van der Waals surface area (Å²) in [5.41, 5.74) is 4.26. The van der Waals surface area contributed by atoms with Gasteiger partial charge < -0.3 is 10.6 Å². The molecule has 0 bridgehead atoms. The van der Waals surface area contributed by atoms with Crippen LogP contribution in [0, 0.1) is 23.7 Å². The van der Waals surface area contributed by atoms with E-state index in [4.69, 9.17) is 18.0 Å². The van der Waals surface area contributed by atoms with Crippen LogP contribution in [0.3, 0.4) is 0 Å². The van der Waals surface area contributed by atoms with Gasteiger partial charge in [-0.3, -0.25) is 9.98 Å². The van der Waals surface area contributed by atoms with Crippen LogP contribution in [-0.4, -0.2) is 24.3 Å². The van der Waals surface area contributed by atoms with E-state index in [1.165, 1.54) is 0 Å². The van der Waals surface area contributed by atoms with Crippen molar-refractivity contribution in [2.24, 2.45) is 4.99 Å². The molecule has 3 rings (SSSR count). The van der Waals surface area contributed by atoms with Crippen molar-refractivity contribution in [3.8, 4) is 18.4 Å². The summed E-state index contributed by atoms with van der Waals surface area (Å²) in [6.07, 6.45) is 13.4. The van der Waals surface area contributed by atoms with Crippen molar-refractivity contribution in [2.45, 2.75) is 25.4 Å². The predicted octanol–water partition coefficient (Wildman–Crippen LogP) is 6.55. The third-order valence-electron chi connectivity index (χ3n) is 5.37. The molecule has 0 spiro atoms. The fraction of sp³-hybridized carbons (Fsp3) is 0.179. The second-order valence-electron chi connectivity index (χ2n) is 7.61. The van der Waals surface area contributed by atoms with E-state index in [9.17, 15) is 5.26 Å². The van der Waals surface area contributed by atoms with Gasteiger partial charge in [0.2, 0.25) is 0 Å². The molecule has 0 aliphatic carbocycles. The summed E-state index contributed by atoms with van der Waals surface area (Å²) in [7, 11) is 1.69. The molecule has 0 aliphatic heterocycles. The van der Waals surface area contributed by atoms with E-state index in [1.54, 1.807) is 37.7 Å². The maximum Gasteiger partial charge on any atom is 0.113 e. The molecule has 5 nitrogen and oxygen atoms in total. The average molecular weight is 468 g/mol. The fourth-order valence-electron chi connectivity index (χ4n) is 3.62. The first-order chi connectivity index (χ1) is 16.5. The highest BCUT2D eigenvalue weighted by Crippen LogP contribution is 2.36. The van der Waals surface area contributed by atoms with Gasteiger partial charge in [-0.05, 0) is 35.8 Å². The van der Waals surface area contributed by atoms with Crippen LogP contribution in [0.2, 0.25) is 5.02 Å². The number of allylic oxidation sites excluding steroid dienone is 1. The van der Waals surface area contributed by atoms with Gasteiger partial charge in [0.05, 0.1) is 27.8 Å². The zero-order valence-corrected chi connectivity index (χ0v) is 20.0. The highest BCUT2D eigenvalue weighted by atomic mass is 35.5. The molecule has 0 radical (unpaired) electrons. The Morgan fingerprint density at radius 3 is 2.71 bits per heavy atom. The Labute approximate surface area is 205 Å². The highest BCUT2D eigenvalue weighted by Gasteiger charge is 2.18. The first kappa shape index (κ1) is 24.6. The minimum absolute atomic E-state index is 0.0119. The number of nitriles is 1. The Hall–Kier alpha value is -4.06. The van der Waals surface area contributed by atoms with Crippen molar-refractivity contribution in [1.29, 1.82) is 5.26 Å². The van der Waals surface area contributed by atoms with Crippen LogP contribution < -0.4 is 10.6 Å². The number of aliphatic imine (C=N–C) groups is 1. The third-order valence-corrected chi connectivity index (χ3v) is 5.66. The Kier molecular flexibility index (Phi) is 8.46. The maximum absolute atomic E-state index is 9.80. The zero-order chi connectivity index (χ0) is 24.5. The number of nitrogens with zero attached hydrogens (tertiary/aromatic N) is 3. The van der Waals surface area contributed by atoms with Gasteiger partial charge >= 0.3 is 0 Å². The molecule has 3 aromatic rings. The molecule has 0 saturated heterocycles. The second-order valence-corrected chi connectivity index (χ2v) is 8.02. The molecular formula is C28H26ClN5. The number of fused-ring (bicyclic) bond motifs is 1. The summed E-state index contributed by atoms with van der Waals surface area (Å²) in [6, 6.07) is 15.6. The van der Waals surface area contributed by atoms with Gasteiger partial charge in [0.1, 0.15) is 12.1 Å². The van der Waals surface area contributed by atoms with Crippen LogP contribution in [0.4, 0.5) is 11.4 Å². The number of benzene rings is 2. The molecule has 0 unspecified atom stereocenters. The van der Waals surface area contributed by atoms with Crippen molar-refractivity contribution in [2.75, 3.05) is 17.7 Å². The van der Waals surface area contributed by atoms with E-state index in [2.05, 4.69) is 58.2 Å². The van der Waals surface area contributed by atoms with Gasteiger partial charge in [-0.1, -0.05) is 67.4 Å². The lowest BCUT2D eigenvalue weighted by Crippen LogP contribution is -2.18. The van der Waals surface area contributed by atoms with Crippen molar-refractivity contribution in [3.05, 3.63) is 89.1 Å². The number of anilines is 2. The molecule has 2 atom stereocenters. The van der Waals surface area contributed by atoms with E-state index in [1.807, 2.05) is 24.3 Å². The molecule has 1 heterocycles. The normalized spacial score (nSPS) is 12.9. The van der Waals surface area contributed by atoms with Crippen molar-refractivity contribution >= 4 is 40.1 Å². The van der Waals surface area contributed by atoms with Gasteiger partial charge in [-0.25, -0.2) is 0 Å². The number of halogens is 1. The third kappa shape index (κ3) is 5.64. The minimum atomic E-state index is -0.453. The molecule has 2 aromatic carbocycles. The summed E-state index contributed by atoms with van der Waals surface area (Å²) in [5.74, 6) is 2.71. The molecule has 34 heavy (non-hydrogen) atoms. The second kappa shape index (κ2) is 11.7. The fourth-order valence-corrected chi connectivity index (χ4v) is 3.89. The van der Waals surface area contributed by atoms with E-state index in [-0.39, 0.29) is 6.04 Å². The Balaban J connectivity index is 2.05. The van der Waals surface area contributed by atoms with E-state index >= 15 is 0 Å². The van der Waals surface area contributed by atoms with Gasteiger partial charge in [-0.15, -0.1) is 6.42 Å². The van der Waals surface area contributed by atoms with E-state index < -0.39 is 6.04 Å². The zero-order valence-electron chi connectivity index (χ0n) is 19.2. The molecule has 6 heteroatoms. The molecule has 0 amide bonds. The Morgan fingerprint density at radius 2 is 2.06 bits per heavy atom. The number of rotatable bonds is 9. The summed E-state index contributed by atoms with van der Waals surface area (Å²) < 4.78 is 0. The first-order valence-electron chi connectivity index (χ1n) is 10.9. The lowest BCUT2D eigenvalue weighted by atomic mass is 10.0. The molecule has 0 fully saturated rings. The Morgan fingerprint density at radius 1 is 1.29 bits per heavy atom. The number of hydrogen-bond acceptors (Lipinski definition) is 5. The monoisotopic (exact) mass is 467 g/mol. The summed E-state index contributed by atoms with van der Waals surface area (Å²) >= 11 is 6.61. The lowest BCUT2D eigenvalue weighted by molar-refractivity contribution is 0.750. The number of hydrogen-bond donors (Lipinski definition) is 2. The molecule has 0 aliphatic rings. The average Bonchev–Trinajstić information content (AvgIpc) is 2.86. The van der Waals surface area contributed by atoms with Crippen LogP contribution in [-0.2, 0) is 0 Å². The standard InChI is InChI=1S/C28H26ClN5/c1-5-25(19(3)11-10-14-31-4)33-22-15-23-27(21(17-30)18-32-28(23)24(29)16-22)34-26(6-2)20-12-8-7-9-13-20/h1,7-16,18,25-26,33H,3,6H2,2,4H3,(H,32,34)/b11-10-,31-14-/t25-,26-/m1/s1. The quantitative estimate of drug-likeness (QED) is 0.212. The van der Waals surface area contributed by atoms with Gasteiger partial charge in [0.25, 0.3) is 0 Å². The van der Waals surface area contributed by atoms with Gasteiger partial charge in [-0.2, -0.15) is 5.26 Å².